The number of hydrogen-bond donors (Lipinski definition) is 2. The van der Waals surface area contributed by atoms with Crippen LogP contribution >= 0.6 is 0 Å². The molecule has 0 bridgehead atoms. The maximum Gasteiger partial charge on any atom is 0.257 e. The van der Waals surface area contributed by atoms with Crippen LogP contribution in [0.2, 0.25) is 0 Å². The Bertz CT molecular complexity index is 384. The summed E-state index contributed by atoms with van der Waals surface area (Å²) in [6.07, 6.45) is 1.46. The van der Waals surface area contributed by atoms with Gasteiger partial charge in [0.2, 0.25) is 0 Å². The largest absolute Gasteiger partial charge is 0.394 e. The maximum absolute atomic E-state index is 10.8. The maximum atomic E-state index is 10.8. The summed E-state index contributed by atoms with van der Waals surface area (Å²) in [5, 5.41) is 17.1. The molecule has 13 heavy (non-hydrogen) atoms. The topological polar surface area (TPSA) is 98.2 Å². The van der Waals surface area contributed by atoms with Crippen LogP contribution in [0, 0.1) is 0 Å². The van der Waals surface area contributed by atoms with Crippen molar-refractivity contribution in [1.29, 1.82) is 0 Å². The lowest BCUT2D eigenvalue weighted by atomic mass is 10.4. The summed E-state index contributed by atoms with van der Waals surface area (Å²) in [4.78, 5) is 0. The zero-order valence-corrected chi connectivity index (χ0v) is 7.90. The molecule has 1 heterocycles. The first kappa shape index (κ1) is 10.2. The fraction of sp³-hybridized carbons (Fsp3) is 0.500. The van der Waals surface area contributed by atoms with Crippen LogP contribution in [-0.4, -0.2) is 29.9 Å². The highest BCUT2D eigenvalue weighted by Crippen LogP contribution is 2.07. The first-order valence-corrected chi connectivity index (χ1v) is 5.18. The van der Waals surface area contributed by atoms with Gasteiger partial charge in [-0.25, -0.2) is 13.6 Å². The molecule has 0 spiro atoms. The van der Waals surface area contributed by atoms with E-state index in [0.29, 0.717) is 0 Å². The second kappa shape index (κ2) is 3.44. The van der Waals surface area contributed by atoms with E-state index >= 15 is 0 Å². The van der Waals surface area contributed by atoms with Crippen molar-refractivity contribution in [2.24, 2.45) is 5.14 Å². The van der Waals surface area contributed by atoms with Crippen molar-refractivity contribution < 1.29 is 13.5 Å². The van der Waals surface area contributed by atoms with Gasteiger partial charge in [0, 0.05) is 6.20 Å². The van der Waals surface area contributed by atoms with E-state index in [0.717, 1.165) is 0 Å². The first-order chi connectivity index (χ1) is 5.95. The summed E-state index contributed by atoms with van der Waals surface area (Å²) in [6.45, 7) is 1.60. The first-order valence-electron chi connectivity index (χ1n) is 3.64. The van der Waals surface area contributed by atoms with E-state index in [1.807, 2.05) is 0 Å². The van der Waals surface area contributed by atoms with Crippen molar-refractivity contribution in [1.82, 2.24) is 9.78 Å². The van der Waals surface area contributed by atoms with Gasteiger partial charge in [0.15, 0.2) is 5.03 Å². The van der Waals surface area contributed by atoms with Crippen LogP contribution in [0.4, 0.5) is 0 Å². The van der Waals surface area contributed by atoms with Gasteiger partial charge in [0.1, 0.15) is 0 Å². The highest BCUT2D eigenvalue weighted by atomic mass is 32.2. The molecule has 3 N–H and O–H groups in total. The number of primary sulfonamides is 1. The Hall–Kier alpha value is -0.920. The zero-order valence-electron chi connectivity index (χ0n) is 7.08. The van der Waals surface area contributed by atoms with Gasteiger partial charge in [-0.3, -0.25) is 4.68 Å². The lowest BCUT2D eigenvalue weighted by Gasteiger charge is -2.06. The van der Waals surface area contributed by atoms with Gasteiger partial charge in [0.25, 0.3) is 10.0 Å². The van der Waals surface area contributed by atoms with Crippen LogP contribution in [-0.2, 0) is 10.0 Å². The number of nitrogens with two attached hydrogens (primary N) is 1. The standard InChI is InChI=1S/C6H11N3O3S/c1-5(4-10)9-3-2-6(8-9)13(7,11)12/h2-3,5,10H,4H2,1H3,(H2,7,11,12)/t5-/m0/s1. The molecule has 6 nitrogen and oxygen atoms in total. The van der Waals surface area contributed by atoms with Gasteiger partial charge < -0.3 is 5.11 Å². The smallest absolute Gasteiger partial charge is 0.257 e. The number of aliphatic hydroxyl groups excluding tert-OH is 1. The van der Waals surface area contributed by atoms with Crippen LogP contribution < -0.4 is 5.14 Å². The highest BCUT2D eigenvalue weighted by Gasteiger charge is 2.13. The summed E-state index contributed by atoms with van der Waals surface area (Å²) in [5.41, 5.74) is 0. The Kier molecular flexibility index (Phi) is 2.69. The van der Waals surface area contributed by atoms with Crippen LogP contribution in [0.5, 0.6) is 0 Å². The van der Waals surface area contributed by atoms with E-state index in [9.17, 15) is 8.42 Å². The average Bonchev–Trinajstić information content (AvgIpc) is 2.50. The van der Waals surface area contributed by atoms with Gasteiger partial charge >= 0.3 is 0 Å². The summed E-state index contributed by atoms with van der Waals surface area (Å²) in [6, 6.07) is 1.04. The fourth-order valence-electron chi connectivity index (χ4n) is 0.801. The van der Waals surface area contributed by atoms with E-state index < -0.39 is 10.0 Å². The third-order valence-electron chi connectivity index (χ3n) is 1.59. The van der Waals surface area contributed by atoms with Crippen LogP contribution in [0.25, 0.3) is 0 Å². The SMILES string of the molecule is C[C@@H](CO)n1ccc(S(N)(=O)=O)n1. The lowest BCUT2D eigenvalue weighted by Crippen LogP contribution is -2.15. The second-order valence-electron chi connectivity index (χ2n) is 2.71. The third-order valence-corrected chi connectivity index (χ3v) is 2.39. The monoisotopic (exact) mass is 205 g/mol. The number of hydrogen-bond acceptors (Lipinski definition) is 4. The summed E-state index contributed by atoms with van der Waals surface area (Å²) in [5.74, 6) is 0. The van der Waals surface area contributed by atoms with Crippen molar-refractivity contribution in [3.8, 4) is 0 Å². The minimum atomic E-state index is -3.74. The van der Waals surface area contributed by atoms with Crippen molar-refractivity contribution in [2.75, 3.05) is 6.61 Å². The summed E-state index contributed by atoms with van der Waals surface area (Å²) < 4.78 is 22.9. The zero-order chi connectivity index (χ0) is 10.1. The molecule has 0 radical (unpaired) electrons. The van der Waals surface area contributed by atoms with Crippen LogP contribution in [0.1, 0.15) is 13.0 Å². The molecule has 1 aromatic heterocycles. The van der Waals surface area contributed by atoms with Gasteiger partial charge in [0.05, 0.1) is 12.6 Å². The van der Waals surface area contributed by atoms with E-state index in [-0.39, 0.29) is 17.7 Å². The fourth-order valence-corrected chi connectivity index (χ4v) is 1.26. The van der Waals surface area contributed by atoms with Gasteiger partial charge in [-0.2, -0.15) is 5.10 Å². The Morgan fingerprint density at radius 2 is 2.38 bits per heavy atom. The molecule has 0 saturated heterocycles. The number of aromatic nitrogens is 2. The molecule has 1 rings (SSSR count). The minimum absolute atomic E-state index is 0.105. The van der Waals surface area contributed by atoms with E-state index in [2.05, 4.69) is 5.10 Å². The average molecular weight is 205 g/mol. The molecule has 0 aliphatic rings. The number of nitrogens with zero attached hydrogens (tertiary/aromatic N) is 2. The van der Waals surface area contributed by atoms with E-state index in [1.165, 1.54) is 16.9 Å². The molecule has 0 fully saturated rings. The van der Waals surface area contributed by atoms with Crippen molar-refractivity contribution in [3.63, 3.8) is 0 Å². The Balaban J connectivity index is 3.00. The van der Waals surface area contributed by atoms with Gasteiger partial charge in [-0.15, -0.1) is 0 Å². The molecule has 0 amide bonds. The molecule has 7 heteroatoms. The van der Waals surface area contributed by atoms with Crippen molar-refractivity contribution >= 4 is 10.0 Å². The Morgan fingerprint density at radius 3 is 2.77 bits per heavy atom. The molecular formula is C6H11N3O3S. The van der Waals surface area contributed by atoms with Crippen molar-refractivity contribution in [2.45, 2.75) is 18.0 Å². The Morgan fingerprint density at radius 1 is 1.77 bits per heavy atom. The van der Waals surface area contributed by atoms with Crippen molar-refractivity contribution in [3.05, 3.63) is 12.3 Å². The van der Waals surface area contributed by atoms with Crippen LogP contribution in [0.15, 0.2) is 17.3 Å². The normalized spacial score (nSPS) is 14.4. The molecule has 0 aromatic carbocycles. The minimum Gasteiger partial charge on any atom is -0.394 e. The molecule has 0 aliphatic heterocycles. The molecular weight excluding hydrogens is 194 g/mol. The van der Waals surface area contributed by atoms with E-state index in [4.69, 9.17) is 10.2 Å². The molecule has 1 aromatic rings. The Labute approximate surface area is 76.0 Å². The number of rotatable bonds is 3. The highest BCUT2D eigenvalue weighted by molar-refractivity contribution is 7.89. The van der Waals surface area contributed by atoms with Gasteiger partial charge in [-0.1, -0.05) is 0 Å². The third kappa shape index (κ3) is 2.27. The van der Waals surface area contributed by atoms with E-state index in [1.54, 1.807) is 6.92 Å². The molecule has 74 valence electrons. The second-order valence-corrected chi connectivity index (χ2v) is 4.22. The quantitative estimate of drug-likeness (QED) is 0.667. The molecule has 0 aliphatic carbocycles. The number of sulfonamides is 1. The molecule has 1 atom stereocenters. The molecule has 0 saturated carbocycles. The predicted octanol–water partition coefficient (Wildman–Crippen LogP) is -0.916. The molecule has 0 unspecified atom stereocenters. The number of aliphatic hydroxyl groups is 1. The van der Waals surface area contributed by atoms with Crippen LogP contribution in [0.3, 0.4) is 0 Å². The lowest BCUT2D eigenvalue weighted by molar-refractivity contribution is 0.228. The van der Waals surface area contributed by atoms with Gasteiger partial charge in [-0.05, 0) is 13.0 Å². The predicted molar refractivity (Wildman–Crippen MR) is 45.4 cm³/mol. The summed E-state index contributed by atoms with van der Waals surface area (Å²) >= 11 is 0. The summed E-state index contributed by atoms with van der Waals surface area (Å²) in [7, 11) is -3.74.